The van der Waals surface area contributed by atoms with Crippen LogP contribution < -0.4 is 0 Å². The smallest absolute Gasteiger partial charge is 0.170 e. The standard InChI is InChI=1S/C5H15N2OP/c1-6(2)5(8-9)7(3)4/h5H,9H2,1-4H3. The maximum Gasteiger partial charge on any atom is 0.170 e. The van der Waals surface area contributed by atoms with Crippen molar-refractivity contribution in [2.75, 3.05) is 28.2 Å². The molecule has 0 radical (unpaired) electrons. The van der Waals surface area contributed by atoms with Gasteiger partial charge >= 0.3 is 0 Å². The van der Waals surface area contributed by atoms with Gasteiger partial charge in [-0.2, -0.15) is 0 Å². The summed E-state index contributed by atoms with van der Waals surface area (Å²) in [6, 6.07) is 0. The lowest BCUT2D eigenvalue weighted by Gasteiger charge is -2.28. The molecule has 0 aliphatic carbocycles. The molecule has 0 spiro atoms. The van der Waals surface area contributed by atoms with Crippen LogP contribution in [0.4, 0.5) is 0 Å². The first-order valence-corrected chi connectivity index (χ1v) is 3.25. The molecule has 0 bridgehead atoms. The molecule has 4 heteroatoms. The Kier molecular flexibility index (Phi) is 4.32. The summed E-state index contributed by atoms with van der Waals surface area (Å²) in [6.45, 7) is 0. The summed E-state index contributed by atoms with van der Waals surface area (Å²) in [5.74, 6) is 0. The average Bonchev–Trinajstić information content (AvgIpc) is 1.64. The minimum Gasteiger partial charge on any atom is -0.333 e. The fourth-order valence-corrected chi connectivity index (χ4v) is 1.19. The molecule has 0 heterocycles. The molecule has 3 nitrogen and oxygen atoms in total. The summed E-state index contributed by atoms with van der Waals surface area (Å²) >= 11 is 0. The van der Waals surface area contributed by atoms with Crippen molar-refractivity contribution in [3.05, 3.63) is 0 Å². The summed E-state index contributed by atoms with van der Waals surface area (Å²) in [5.41, 5.74) is 0. The van der Waals surface area contributed by atoms with E-state index in [1.165, 1.54) is 0 Å². The first kappa shape index (κ1) is 9.31. The molecule has 0 rings (SSSR count). The molecule has 1 unspecified atom stereocenters. The minimum atomic E-state index is 0.0509. The van der Waals surface area contributed by atoms with Crippen molar-refractivity contribution in [2.45, 2.75) is 6.35 Å². The molecule has 0 fully saturated rings. The third-order valence-corrected chi connectivity index (χ3v) is 1.25. The monoisotopic (exact) mass is 150 g/mol. The fourth-order valence-electron chi connectivity index (χ4n) is 0.705. The van der Waals surface area contributed by atoms with Gasteiger partial charge in [0.25, 0.3) is 0 Å². The highest BCUT2D eigenvalue weighted by atomic mass is 31.0. The van der Waals surface area contributed by atoms with Crippen LogP contribution in [0, 0.1) is 0 Å². The number of hydrogen-bond acceptors (Lipinski definition) is 3. The second-order valence-corrected chi connectivity index (χ2v) is 2.66. The second-order valence-electron chi connectivity index (χ2n) is 2.39. The van der Waals surface area contributed by atoms with E-state index in [1.807, 2.05) is 38.0 Å². The van der Waals surface area contributed by atoms with Crippen molar-refractivity contribution in [3.63, 3.8) is 0 Å². The van der Waals surface area contributed by atoms with E-state index in [-0.39, 0.29) is 6.35 Å². The van der Waals surface area contributed by atoms with Gasteiger partial charge in [-0.25, -0.2) is 0 Å². The maximum absolute atomic E-state index is 5.04. The molecular formula is C5H15N2OP. The van der Waals surface area contributed by atoms with Crippen molar-refractivity contribution in [1.29, 1.82) is 0 Å². The Labute approximate surface area is 59.2 Å². The average molecular weight is 150 g/mol. The van der Waals surface area contributed by atoms with Crippen LogP contribution in [0.1, 0.15) is 0 Å². The Hall–Kier alpha value is 0.310. The number of rotatable bonds is 3. The normalized spacial score (nSPS) is 12.0. The van der Waals surface area contributed by atoms with Crippen LogP contribution in [0.25, 0.3) is 0 Å². The lowest BCUT2D eigenvalue weighted by molar-refractivity contribution is -0.0308. The van der Waals surface area contributed by atoms with E-state index in [9.17, 15) is 0 Å². The van der Waals surface area contributed by atoms with Crippen molar-refractivity contribution in [3.8, 4) is 0 Å². The van der Waals surface area contributed by atoms with Crippen LogP contribution in [0.15, 0.2) is 0 Å². The summed E-state index contributed by atoms with van der Waals surface area (Å²) in [5, 5.41) is 0. The van der Waals surface area contributed by atoms with E-state index in [0.29, 0.717) is 0 Å². The highest BCUT2D eigenvalue weighted by Gasteiger charge is 2.10. The lowest BCUT2D eigenvalue weighted by Crippen LogP contribution is -2.40. The quantitative estimate of drug-likeness (QED) is 0.422. The molecule has 56 valence electrons. The molecule has 0 saturated heterocycles. The van der Waals surface area contributed by atoms with Crippen LogP contribution >= 0.6 is 9.47 Å². The summed E-state index contributed by atoms with van der Waals surface area (Å²) in [6.07, 6.45) is 0.0509. The summed E-state index contributed by atoms with van der Waals surface area (Å²) in [7, 11) is 10.1. The van der Waals surface area contributed by atoms with E-state index in [2.05, 4.69) is 9.47 Å². The molecule has 0 aromatic carbocycles. The highest BCUT2D eigenvalue weighted by Crippen LogP contribution is 2.02. The first-order valence-electron chi connectivity index (χ1n) is 2.78. The summed E-state index contributed by atoms with van der Waals surface area (Å²) < 4.78 is 5.04. The van der Waals surface area contributed by atoms with E-state index in [1.54, 1.807) is 0 Å². The van der Waals surface area contributed by atoms with E-state index in [4.69, 9.17) is 4.52 Å². The first-order chi connectivity index (χ1) is 4.09. The Morgan fingerprint density at radius 3 is 1.44 bits per heavy atom. The second kappa shape index (κ2) is 4.18. The molecular weight excluding hydrogens is 135 g/mol. The van der Waals surface area contributed by atoms with Crippen LogP contribution in [-0.4, -0.2) is 44.3 Å². The third kappa shape index (κ3) is 3.11. The molecule has 1 atom stereocenters. The van der Waals surface area contributed by atoms with Gasteiger partial charge in [0.15, 0.2) is 6.35 Å². The zero-order valence-corrected chi connectivity index (χ0v) is 7.61. The van der Waals surface area contributed by atoms with Gasteiger partial charge in [-0.3, -0.25) is 9.80 Å². The molecule has 0 aliphatic heterocycles. The third-order valence-electron chi connectivity index (χ3n) is 1.01. The predicted octanol–water partition coefficient (Wildman–Crippen LogP) is 0.200. The minimum absolute atomic E-state index is 0.0509. The van der Waals surface area contributed by atoms with Gasteiger partial charge in [0.2, 0.25) is 0 Å². The van der Waals surface area contributed by atoms with Crippen LogP contribution in [-0.2, 0) is 4.52 Å². The number of hydrogen-bond donors (Lipinski definition) is 0. The van der Waals surface area contributed by atoms with Crippen LogP contribution in [0.5, 0.6) is 0 Å². The molecule has 0 saturated carbocycles. The molecule has 9 heavy (non-hydrogen) atoms. The fraction of sp³-hybridized carbons (Fsp3) is 1.00. The molecule has 0 aromatic heterocycles. The van der Waals surface area contributed by atoms with Gasteiger partial charge in [-0.1, -0.05) is 0 Å². The zero-order valence-electron chi connectivity index (χ0n) is 6.46. The van der Waals surface area contributed by atoms with Gasteiger partial charge in [-0.15, -0.1) is 0 Å². The SMILES string of the molecule is CN(C)C(OP)N(C)C. The van der Waals surface area contributed by atoms with Crippen molar-refractivity contribution in [1.82, 2.24) is 9.80 Å². The summed E-state index contributed by atoms with van der Waals surface area (Å²) in [4.78, 5) is 3.96. The van der Waals surface area contributed by atoms with Gasteiger partial charge in [-0.05, 0) is 28.2 Å². The molecule has 0 aliphatic rings. The Balaban J connectivity index is 3.68. The highest BCUT2D eigenvalue weighted by molar-refractivity contribution is 7.09. The molecule has 0 N–H and O–H groups in total. The predicted molar refractivity (Wildman–Crippen MR) is 42.0 cm³/mol. The molecule has 0 amide bonds. The zero-order chi connectivity index (χ0) is 7.44. The lowest BCUT2D eigenvalue weighted by atomic mass is 10.7. The van der Waals surface area contributed by atoms with Crippen LogP contribution in [0.3, 0.4) is 0 Å². The molecule has 0 aromatic rings. The van der Waals surface area contributed by atoms with E-state index >= 15 is 0 Å². The van der Waals surface area contributed by atoms with E-state index < -0.39 is 0 Å². The largest absolute Gasteiger partial charge is 0.333 e. The maximum atomic E-state index is 5.04. The number of nitrogens with zero attached hydrogens (tertiary/aromatic N) is 2. The van der Waals surface area contributed by atoms with Gasteiger partial charge in [0.1, 0.15) is 0 Å². The Bertz CT molecular complexity index is 69.4. The van der Waals surface area contributed by atoms with E-state index in [0.717, 1.165) is 0 Å². The van der Waals surface area contributed by atoms with Crippen LogP contribution in [0.2, 0.25) is 0 Å². The van der Waals surface area contributed by atoms with Crippen molar-refractivity contribution >= 4 is 9.47 Å². The Morgan fingerprint density at radius 1 is 1.11 bits per heavy atom. The van der Waals surface area contributed by atoms with Gasteiger partial charge in [0, 0.05) is 9.47 Å². The van der Waals surface area contributed by atoms with Gasteiger partial charge in [0.05, 0.1) is 0 Å². The Morgan fingerprint density at radius 2 is 1.44 bits per heavy atom. The van der Waals surface area contributed by atoms with Crippen molar-refractivity contribution in [2.24, 2.45) is 0 Å². The van der Waals surface area contributed by atoms with Crippen molar-refractivity contribution < 1.29 is 4.52 Å². The van der Waals surface area contributed by atoms with Gasteiger partial charge < -0.3 is 4.52 Å². The topological polar surface area (TPSA) is 15.7 Å².